The number of aliphatic hydroxyl groups is 1. The van der Waals surface area contributed by atoms with Gasteiger partial charge in [0.2, 0.25) is 5.91 Å². The molecule has 1 heterocycles. The van der Waals surface area contributed by atoms with E-state index in [4.69, 9.17) is 15.6 Å². The van der Waals surface area contributed by atoms with Gasteiger partial charge >= 0.3 is 0 Å². The van der Waals surface area contributed by atoms with Crippen LogP contribution in [0.5, 0.6) is 5.75 Å². The highest BCUT2D eigenvalue weighted by Crippen LogP contribution is 2.27. The van der Waals surface area contributed by atoms with E-state index in [0.29, 0.717) is 13.1 Å². The zero-order valence-corrected chi connectivity index (χ0v) is 10.4. The van der Waals surface area contributed by atoms with Crippen LogP contribution in [0.4, 0.5) is 0 Å². The molecule has 1 atom stereocenters. The maximum absolute atomic E-state index is 11.9. The number of aliphatic hydroxyl groups excluding tert-OH is 1. The van der Waals surface area contributed by atoms with Crippen molar-refractivity contribution in [1.82, 2.24) is 4.90 Å². The Morgan fingerprint density at radius 2 is 2.39 bits per heavy atom. The van der Waals surface area contributed by atoms with Crippen LogP contribution >= 0.6 is 0 Å². The third kappa shape index (κ3) is 2.32. The fourth-order valence-electron chi connectivity index (χ4n) is 2.24. The lowest BCUT2D eigenvalue weighted by atomic mass is 9.98. The molecule has 1 amide bonds. The molecular formula is C13H18N2O3. The number of benzene rings is 1. The van der Waals surface area contributed by atoms with Gasteiger partial charge in [-0.15, -0.1) is 0 Å². The Hall–Kier alpha value is -1.59. The van der Waals surface area contributed by atoms with Crippen LogP contribution in [0, 0.1) is 0 Å². The number of nitrogens with zero attached hydrogens (tertiary/aromatic N) is 1. The Morgan fingerprint density at radius 3 is 3.06 bits per heavy atom. The summed E-state index contributed by atoms with van der Waals surface area (Å²) < 4.78 is 5.31. The van der Waals surface area contributed by atoms with Gasteiger partial charge in [0, 0.05) is 18.7 Å². The van der Waals surface area contributed by atoms with Gasteiger partial charge in [-0.25, -0.2) is 0 Å². The van der Waals surface area contributed by atoms with Crippen LogP contribution in [0.25, 0.3) is 0 Å². The Morgan fingerprint density at radius 1 is 1.61 bits per heavy atom. The molecule has 98 valence electrons. The first kappa shape index (κ1) is 12.9. The van der Waals surface area contributed by atoms with Crippen LogP contribution in [0.3, 0.4) is 0 Å². The summed E-state index contributed by atoms with van der Waals surface area (Å²) in [6.07, 6.45) is 0.788. The molecule has 1 aliphatic rings. The summed E-state index contributed by atoms with van der Waals surface area (Å²) in [6, 6.07) is 5.06. The molecule has 3 N–H and O–H groups in total. The molecule has 18 heavy (non-hydrogen) atoms. The SMILES string of the molecule is COc1cccc2c1CN(C(=O)C(N)CO)CC2. The highest BCUT2D eigenvalue weighted by atomic mass is 16.5. The average Bonchev–Trinajstić information content (AvgIpc) is 2.44. The standard InChI is InChI=1S/C13H18N2O3/c1-18-12-4-2-3-9-5-6-15(7-10(9)12)13(17)11(14)8-16/h2-4,11,16H,5-8,14H2,1H3. The number of methoxy groups -OCH3 is 1. The van der Waals surface area contributed by atoms with Crippen molar-refractivity contribution < 1.29 is 14.6 Å². The number of carbonyl (C=O) groups excluding carboxylic acids is 1. The number of amides is 1. The number of fused-ring (bicyclic) bond motifs is 1. The Balaban J connectivity index is 2.21. The van der Waals surface area contributed by atoms with Gasteiger partial charge in [-0.1, -0.05) is 12.1 Å². The molecule has 0 radical (unpaired) electrons. The summed E-state index contributed by atoms with van der Waals surface area (Å²) in [5, 5.41) is 8.93. The van der Waals surface area contributed by atoms with Gasteiger partial charge in [0.05, 0.1) is 13.7 Å². The number of hydrogen-bond donors (Lipinski definition) is 2. The minimum Gasteiger partial charge on any atom is -0.496 e. The van der Waals surface area contributed by atoms with Gasteiger partial charge in [-0.2, -0.15) is 0 Å². The number of hydrogen-bond acceptors (Lipinski definition) is 4. The van der Waals surface area contributed by atoms with Gasteiger partial charge in [-0.05, 0) is 18.1 Å². The van der Waals surface area contributed by atoms with E-state index < -0.39 is 6.04 Å². The molecule has 0 saturated carbocycles. The van der Waals surface area contributed by atoms with Gasteiger partial charge in [0.1, 0.15) is 11.8 Å². The van der Waals surface area contributed by atoms with E-state index >= 15 is 0 Å². The highest BCUT2D eigenvalue weighted by molar-refractivity contribution is 5.82. The molecule has 0 saturated heterocycles. The molecule has 0 fully saturated rings. The maximum atomic E-state index is 11.9. The first-order valence-corrected chi connectivity index (χ1v) is 5.97. The van der Waals surface area contributed by atoms with Crippen molar-refractivity contribution in [2.75, 3.05) is 20.3 Å². The smallest absolute Gasteiger partial charge is 0.242 e. The monoisotopic (exact) mass is 250 g/mol. The largest absolute Gasteiger partial charge is 0.496 e. The minimum absolute atomic E-state index is 0.214. The fraction of sp³-hybridized carbons (Fsp3) is 0.462. The van der Waals surface area contributed by atoms with E-state index in [0.717, 1.165) is 17.7 Å². The third-order valence-corrected chi connectivity index (χ3v) is 3.28. The predicted molar refractivity (Wildman–Crippen MR) is 67.2 cm³/mol. The summed E-state index contributed by atoms with van der Waals surface area (Å²) in [7, 11) is 1.62. The van der Waals surface area contributed by atoms with Crippen LogP contribution in [0.2, 0.25) is 0 Å². The first-order chi connectivity index (χ1) is 8.67. The van der Waals surface area contributed by atoms with Gasteiger partial charge < -0.3 is 20.5 Å². The van der Waals surface area contributed by atoms with Crippen LogP contribution in [0.15, 0.2) is 18.2 Å². The van der Waals surface area contributed by atoms with E-state index in [1.165, 1.54) is 5.56 Å². The molecule has 1 aromatic rings. The molecule has 5 nitrogen and oxygen atoms in total. The van der Waals surface area contributed by atoms with Crippen molar-refractivity contribution in [2.24, 2.45) is 5.73 Å². The van der Waals surface area contributed by atoms with Crippen LogP contribution in [-0.4, -0.2) is 42.2 Å². The number of rotatable bonds is 3. The first-order valence-electron chi connectivity index (χ1n) is 5.97. The van der Waals surface area contributed by atoms with Crippen molar-refractivity contribution in [1.29, 1.82) is 0 Å². The zero-order valence-electron chi connectivity index (χ0n) is 10.4. The second-order valence-electron chi connectivity index (χ2n) is 4.40. The zero-order chi connectivity index (χ0) is 13.1. The number of ether oxygens (including phenoxy) is 1. The topological polar surface area (TPSA) is 75.8 Å². The summed E-state index contributed by atoms with van der Waals surface area (Å²) in [5.41, 5.74) is 7.80. The maximum Gasteiger partial charge on any atom is 0.242 e. The number of carbonyl (C=O) groups is 1. The Kier molecular flexibility index (Phi) is 3.84. The average molecular weight is 250 g/mol. The van der Waals surface area contributed by atoms with Crippen LogP contribution in [0.1, 0.15) is 11.1 Å². The molecule has 1 aromatic carbocycles. The minimum atomic E-state index is -0.832. The molecule has 5 heteroatoms. The van der Waals surface area contributed by atoms with E-state index in [1.807, 2.05) is 18.2 Å². The summed E-state index contributed by atoms with van der Waals surface area (Å²) >= 11 is 0. The van der Waals surface area contributed by atoms with E-state index in [1.54, 1.807) is 12.0 Å². The molecule has 0 aliphatic carbocycles. The quantitative estimate of drug-likeness (QED) is 0.785. The summed E-state index contributed by atoms with van der Waals surface area (Å²) in [4.78, 5) is 13.6. The lowest BCUT2D eigenvalue weighted by Gasteiger charge is -2.31. The van der Waals surface area contributed by atoms with Crippen molar-refractivity contribution >= 4 is 5.91 Å². The van der Waals surface area contributed by atoms with Crippen LogP contribution < -0.4 is 10.5 Å². The molecule has 0 spiro atoms. The highest BCUT2D eigenvalue weighted by Gasteiger charge is 2.26. The van der Waals surface area contributed by atoms with Gasteiger partial charge in [0.15, 0.2) is 0 Å². The molecule has 2 rings (SSSR count). The molecular weight excluding hydrogens is 232 g/mol. The van der Waals surface area contributed by atoms with E-state index in [-0.39, 0.29) is 12.5 Å². The van der Waals surface area contributed by atoms with Gasteiger partial charge in [0.25, 0.3) is 0 Å². The second kappa shape index (κ2) is 5.37. The summed E-state index contributed by atoms with van der Waals surface area (Å²) in [5.74, 6) is 0.580. The van der Waals surface area contributed by atoms with Crippen molar-refractivity contribution in [3.8, 4) is 5.75 Å². The normalized spacial score (nSPS) is 16.1. The van der Waals surface area contributed by atoms with Crippen molar-refractivity contribution in [3.63, 3.8) is 0 Å². The van der Waals surface area contributed by atoms with Crippen molar-refractivity contribution in [2.45, 2.75) is 19.0 Å². The molecule has 0 aromatic heterocycles. The number of nitrogens with two attached hydrogens (primary N) is 1. The summed E-state index contributed by atoms with van der Waals surface area (Å²) in [6.45, 7) is 0.798. The molecule has 0 bridgehead atoms. The van der Waals surface area contributed by atoms with Gasteiger partial charge in [-0.3, -0.25) is 4.79 Å². The molecule has 1 aliphatic heterocycles. The van der Waals surface area contributed by atoms with Crippen LogP contribution in [-0.2, 0) is 17.8 Å². The Labute approximate surface area is 106 Å². The fourth-order valence-corrected chi connectivity index (χ4v) is 2.24. The van der Waals surface area contributed by atoms with E-state index in [2.05, 4.69) is 0 Å². The Bertz CT molecular complexity index is 434. The lowest BCUT2D eigenvalue weighted by Crippen LogP contribution is -2.47. The predicted octanol–water partition coefficient (Wildman–Crippen LogP) is -0.101. The second-order valence-corrected chi connectivity index (χ2v) is 4.40. The third-order valence-electron chi connectivity index (χ3n) is 3.28. The molecule has 1 unspecified atom stereocenters. The lowest BCUT2D eigenvalue weighted by molar-refractivity contribution is -0.134. The van der Waals surface area contributed by atoms with E-state index in [9.17, 15) is 4.79 Å². The van der Waals surface area contributed by atoms with Crippen molar-refractivity contribution in [3.05, 3.63) is 29.3 Å².